The Bertz CT molecular complexity index is 908. The van der Waals surface area contributed by atoms with Gasteiger partial charge >= 0.3 is 0 Å². The molecule has 1 atom stereocenters. The monoisotopic (exact) mass is 356 g/mol. The van der Waals surface area contributed by atoms with Crippen LogP contribution in [0.15, 0.2) is 47.6 Å². The predicted octanol–water partition coefficient (Wildman–Crippen LogP) is 3.37. The summed E-state index contributed by atoms with van der Waals surface area (Å²) in [6.45, 7) is 0.103. The molecule has 0 radical (unpaired) electrons. The molecule has 0 amide bonds. The van der Waals surface area contributed by atoms with Crippen molar-refractivity contribution < 1.29 is 14.1 Å². The van der Waals surface area contributed by atoms with Gasteiger partial charge in [0.05, 0.1) is 18.1 Å². The van der Waals surface area contributed by atoms with Gasteiger partial charge in [0.2, 0.25) is 0 Å². The fourth-order valence-electron chi connectivity index (χ4n) is 3.49. The van der Waals surface area contributed by atoms with Gasteiger partial charge in [-0.25, -0.2) is 18.9 Å². The Labute approximate surface area is 149 Å². The van der Waals surface area contributed by atoms with Crippen molar-refractivity contribution in [3.8, 4) is 22.5 Å². The fraction of sp³-hybridized carbons (Fsp3) is 0.263. The van der Waals surface area contributed by atoms with Crippen molar-refractivity contribution >= 4 is 11.8 Å². The SMILES string of the molecule is CSc1cc(-c2c(-c3ccc(F)cc3)[nH]c3[n+]2C(CO)CC3)ccn1. The summed E-state index contributed by atoms with van der Waals surface area (Å²) in [5, 5.41) is 10.7. The Hall–Kier alpha value is -2.18. The van der Waals surface area contributed by atoms with Gasteiger partial charge in [-0.15, -0.1) is 11.8 Å². The maximum atomic E-state index is 13.3. The largest absolute Gasteiger partial charge is 0.392 e. The van der Waals surface area contributed by atoms with E-state index >= 15 is 0 Å². The number of benzene rings is 1. The van der Waals surface area contributed by atoms with Gasteiger partial charge in [-0.1, -0.05) is 0 Å². The average Bonchev–Trinajstić information content (AvgIpc) is 3.21. The number of nitrogens with zero attached hydrogens (tertiary/aromatic N) is 2. The van der Waals surface area contributed by atoms with E-state index in [4.69, 9.17) is 0 Å². The molecule has 4 rings (SSSR count). The van der Waals surface area contributed by atoms with E-state index < -0.39 is 0 Å². The topological polar surface area (TPSA) is 52.8 Å². The minimum absolute atomic E-state index is 0.0568. The van der Waals surface area contributed by atoms with Crippen molar-refractivity contribution in [1.82, 2.24) is 9.97 Å². The van der Waals surface area contributed by atoms with Crippen LogP contribution in [0.2, 0.25) is 0 Å². The third-order valence-electron chi connectivity index (χ3n) is 4.68. The lowest BCUT2D eigenvalue weighted by Crippen LogP contribution is -2.40. The van der Waals surface area contributed by atoms with Gasteiger partial charge in [0.25, 0.3) is 5.82 Å². The first kappa shape index (κ1) is 16.3. The molecule has 1 aliphatic rings. The molecule has 0 bridgehead atoms. The molecule has 3 aromatic rings. The molecule has 1 unspecified atom stereocenters. The van der Waals surface area contributed by atoms with Crippen molar-refractivity contribution in [1.29, 1.82) is 0 Å². The number of aliphatic hydroxyl groups is 1. The van der Waals surface area contributed by atoms with Gasteiger partial charge in [0.1, 0.15) is 11.9 Å². The molecule has 0 saturated carbocycles. The van der Waals surface area contributed by atoms with Crippen molar-refractivity contribution in [2.75, 3.05) is 12.9 Å². The summed E-state index contributed by atoms with van der Waals surface area (Å²) in [7, 11) is 0. The van der Waals surface area contributed by atoms with Gasteiger partial charge in [-0.05, 0) is 42.7 Å². The summed E-state index contributed by atoms with van der Waals surface area (Å²) < 4.78 is 15.5. The minimum atomic E-state index is -0.251. The van der Waals surface area contributed by atoms with E-state index in [0.717, 1.165) is 46.2 Å². The van der Waals surface area contributed by atoms with Crippen LogP contribution >= 0.6 is 11.8 Å². The first-order valence-electron chi connectivity index (χ1n) is 8.25. The number of aromatic amines is 1. The van der Waals surface area contributed by atoms with Crippen LogP contribution in [0, 0.1) is 5.82 Å². The van der Waals surface area contributed by atoms with Crippen LogP contribution in [0.5, 0.6) is 0 Å². The second-order valence-electron chi connectivity index (χ2n) is 6.13. The number of fused-ring (bicyclic) bond motifs is 1. The summed E-state index contributed by atoms with van der Waals surface area (Å²) >= 11 is 1.59. The average molecular weight is 356 g/mol. The zero-order valence-electron chi connectivity index (χ0n) is 13.9. The second-order valence-corrected chi connectivity index (χ2v) is 6.96. The van der Waals surface area contributed by atoms with Crippen molar-refractivity contribution in [3.63, 3.8) is 0 Å². The number of H-pyrrole nitrogens is 1. The van der Waals surface area contributed by atoms with Gasteiger partial charge < -0.3 is 5.11 Å². The lowest BCUT2D eigenvalue weighted by Gasteiger charge is -2.09. The fourth-order valence-corrected chi connectivity index (χ4v) is 3.90. The Balaban J connectivity index is 1.94. The van der Waals surface area contributed by atoms with Crippen LogP contribution in [0.3, 0.4) is 0 Å². The molecular formula is C19H19FN3OS+. The predicted molar refractivity (Wildman–Crippen MR) is 95.8 cm³/mol. The smallest absolute Gasteiger partial charge is 0.255 e. The maximum Gasteiger partial charge on any atom is 0.255 e. The molecule has 2 N–H and O–H groups in total. The van der Waals surface area contributed by atoms with E-state index in [1.165, 1.54) is 12.1 Å². The van der Waals surface area contributed by atoms with E-state index in [1.807, 2.05) is 12.3 Å². The molecule has 1 aliphatic heterocycles. The van der Waals surface area contributed by atoms with Crippen LogP contribution in [0.25, 0.3) is 22.5 Å². The quantitative estimate of drug-likeness (QED) is 0.557. The molecule has 6 heteroatoms. The number of rotatable bonds is 4. The molecule has 3 heterocycles. The number of hydrogen-bond donors (Lipinski definition) is 2. The number of thioether (sulfide) groups is 1. The zero-order chi connectivity index (χ0) is 17.4. The van der Waals surface area contributed by atoms with Gasteiger partial charge in [0.15, 0.2) is 11.4 Å². The molecule has 1 aromatic carbocycles. The van der Waals surface area contributed by atoms with E-state index in [-0.39, 0.29) is 18.5 Å². The lowest BCUT2D eigenvalue weighted by molar-refractivity contribution is -0.706. The molecule has 4 nitrogen and oxygen atoms in total. The highest BCUT2D eigenvalue weighted by molar-refractivity contribution is 7.98. The number of aliphatic hydroxyl groups excluding tert-OH is 1. The molecule has 25 heavy (non-hydrogen) atoms. The standard InChI is InChI=1S/C19H18FN3OS/c1-25-17-10-13(8-9-21-17)19-18(12-2-4-14(20)5-3-12)22-16-7-6-15(11-24)23(16)19/h2-5,8-10,15,24H,6-7,11H2,1H3/p+1. The van der Waals surface area contributed by atoms with Crippen LogP contribution in [0.1, 0.15) is 18.3 Å². The zero-order valence-corrected chi connectivity index (χ0v) is 14.7. The summed E-state index contributed by atoms with van der Waals surface area (Å²) in [4.78, 5) is 7.86. The van der Waals surface area contributed by atoms with Gasteiger partial charge in [0, 0.05) is 23.7 Å². The second kappa shape index (κ2) is 6.61. The van der Waals surface area contributed by atoms with E-state index in [2.05, 4.69) is 20.6 Å². The van der Waals surface area contributed by atoms with Crippen LogP contribution in [-0.4, -0.2) is 27.9 Å². The Morgan fingerprint density at radius 1 is 1.28 bits per heavy atom. The molecule has 0 saturated heterocycles. The molecular weight excluding hydrogens is 337 g/mol. The molecule has 2 aromatic heterocycles. The maximum absolute atomic E-state index is 13.3. The van der Waals surface area contributed by atoms with Crippen molar-refractivity contribution in [3.05, 3.63) is 54.2 Å². The highest BCUT2D eigenvalue weighted by atomic mass is 32.2. The van der Waals surface area contributed by atoms with Crippen molar-refractivity contribution in [2.24, 2.45) is 0 Å². The number of nitrogens with one attached hydrogen (secondary N) is 1. The van der Waals surface area contributed by atoms with E-state index in [0.29, 0.717) is 0 Å². The van der Waals surface area contributed by atoms with Gasteiger partial charge in [-0.3, -0.25) is 0 Å². The summed E-state index contributed by atoms with van der Waals surface area (Å²) in [6, 6.07) is 10.6. The Morgan fingerprint density at radius 3 is 2.80 bits per heavy atom. The minimum Gasteiger partial charge on any atom is -0.392 e. The summed E-state index contributed by atoms with van der Waals surface area (Å²) in [6.07, 6.45) is 5.61. The number of pyridine rings is 1. The van der Waals surface area contributed by atoms with Crippen LogP contribution in [-0.2, 0) is 6.42 Å². The van der Waals surface area contributed by atoms with Gasteiger partial charge in [-0.2, -0.15) is 0 Å². The molecule has 0 aliphatic carbocycles. The Morgan fingerprint density at radius 2 is 2.08 bits per heavy atom. The molecule has 0 spiro atoms. The number of imidazole rings is 1. The first-order valence-corrected chi connectivity index (χ1v) is 9.47. The number of aryl methyl sites for hydroxylation is 1. The van der Waals surface area contributed by atoms with Crippen molar-refractivity contribution in [2.45, 2.75) is 23.9 Å². The highest BCUT2D eigenvalue weighted by Crippen LogP contribution is 2.34. The van der Waals surface area contributed by atoms with E-state index in [9.17, 15) is 9.50 Å². The molecule has 0 fully saturated rings. The molecule has 128 valence electrons. The lowest BCUT2D eigenvalue weighted by atomic mass is 10.0. The third kappa shape index (κ3) is 2.85. The first-order chi connectivity index (χ1) is 12.2. The van der Waals surface area contributed by atoms with E-state index in [1.54, 1.807) is 30.1 Å². The number of aromatic nitrogens is 3. The third-order valence-corrected chi connectivity index (χ3v) is 5.32. The summed E-state index contributed by atoms with van der Waals surface area (Å²) in [5.74, 6) is 0.842. The number of hydrogen-bond acceptors (Lipinski definition) is 3. The highest BCUT2D eigenvalue weighted by Gasteiger charge is 2.36. The summed E-state index contributed by atoms with van der Waals surface area (Å²) in [5.41, 5.74) is 3.95. The van der Waals surface area contributed by atoms with Crippen LogP contribution in [0.4, 0.5) is 4.39 Å². The Kier molecular flexibility index (Phi) is 4.31. The normalized spacial score (nSPS) is 16.2. The van der Waals surface area contributed by atoms with Crippen LogP contribution < -0.4 is 4.57 Å². The number of halogens is 1.